The van der Waals surface area contributed by atoms with E-state index in [4.69, 9.17) is 16.3 Å². The van der Waals surface area contributed by atoms with Gasteiger partial charge < -0.3 is 10.1 Å². The monoisotopic (exact) mass is 229 g/mol. The third-order valence-corrected chi connectivity index (χ3v) is 1.83. The first-order chi connectivity index (χ1) is 7.13. The molecule has 82 valence electrons. The number of carbonyl (C=O) groups excluding carboxylic acids is 1. The number of carbonyl (C=O) groups is 1. The van der Waals surface area contributed by atoms with Crippen molar-refractivity contribution in [2.75, 3.05) is 18.5 Å². The summed E-state index contributed by atoms with van der Waals surface area (Å²) in [6.45, 7) is 4.01. The van der Waals surface area contributed by atoms with Crippen LogP contribution in [0.3, 0.4) is 0 Å². The number of halogens is 1. The van der Waals surface area contributed by atoms with E-state index in [2.05, 4.69) is 15.3 Å². The maximum atomic E-state index is 11.1. The Kier molecular flexibility index (Phi) is 4.30. The minimum atomic E-state index is -0.327. The van der Waals surface area contributed by atoms with Gasteiger partial charge in [0.25, 0.3) is 0 Å². The Balaban J connectivity index is 2.57. The predicted molar refractivity (Wildman–Crippen MR) is 56.9 cm³/mol. The van der Waals surface area contributed by atoms with E-state index in [9.17, 15) is 4.79 Å². The molecule has 5 nitrogen and oxygen atoms in total. The quantitative estimate of drug-likeness (QED) is 0.625. The smallest absolute Gasteiger partial charge is 0.325 e. The van der Waals surface area contributed by atoms with Gasteiger partial charge in [0.2, 0.25) is 5.28 Å². The van der Waals surface area contributed by atoms with Crippen LogP contribution in [0.2, 0.25) is 5.28 Å². The van der Waals surface area contributed by atoms with Crippen molar-refractivity contribution in [1.82, 2.24) is 9.97 Å². The molecule has 1 rings (SSSR count). The highest BCUT2D eigenvalue weighted by molar-refractivity contribution is 6.28. The molecule has 0 saturated heterocycles. The highest BCUT2D eigenvalue weighted by Crippen LogP contribution is 2.11. The maximum Gasteiger partial charge on any atom is 0.325 e. The summed E-state index contributed by atoms with van der Waals surface area (Å²) < 4.78 is 4.76. The summed E-state index contributed by atoms with van der Waals surface area (Å²) in [6, 6.07) is 0. The minimum absolute atomic E-state index is 0.0715. The Morgan fingerprint density at radius 1 is 1.67 bits per heavy atom. The zero-order valence-corrected chi connectivity index (χ0v) is 9.34. The van der Waals surface area contributed by atoms with Crippen LogP contribution in [-0.4, -0.2) is 29.1 Å². The summed E-state index contributed by atoms with van der Waals surface area (Å²) in [7, 11) is 0. The van der Waals surface area contributed by atoms with Crippen LogP contribution in [0.1, 0.15) is 12.5 Å². The first-order valence-electron chi connectivity index (χ1n) is 4.52. The van der Waals surface area contributed by atoms with E-state index in [1.165, 1.54) is 0 Å². The van der Waals surface area contributed by atoms with E-state index < -0.39 is 0 Å². The molecule has 1 heterocycles. The lowest BCUT2D eigenvalue weighted by molar-refractivity contribution is -0.140. The molecule has 0 bridgehead atoms. The van der Waals surface area contributed by atoms with Crippen LogP contribution < -0.4 is 5.32 Å². The SMILES string of the molecule is CCOC(=O)CNc1nc(Cl)ncc1C. The first kappa shape index (κ1) is 11.7. The van der Waals surface area contributed by atoms with Crippen LogP contribution >= 0.6 is 11.6 Å². The van der Waals surface area contributed by atoms with Crippen LogP contribution in [0.25, 0.3) is 0 Å². The lowest BCUT2D eigenvalue weighted by atomic mass is 10.3. The predicted octanol–water partition coefficient (Wildman–Crippen LogP) is 1.41. The fraction of sp³-hybridized carbons (Fsp3) is 0.444. The number of hydrogen-bond acceptors (Lipinski definition) is 5. The second-order valence-corrected chi connectivity index (χ2v) is 3.17. The highest BCUT2D eigenvalue weighted by atomic mass is 35.5. The zero-order valence-electron chi connectivity index (χ0n) is 8.58. The molecule has 0 fully saturated rings. The van der Waals surface area contributed by atoms with Gasteiger partial charge in [-0.1, -0.05) is 0 Å². The van der Waals surface area contributed by atoms with Gasteiger partial charge in [0.15, 0.2) is 0 Å². The Morgan fingerprint density at radius 3 is 3.07 bits per heavy atom. The van der Waals surface area contributed by atoms with E-state index in [1.54, 1.807) is 13.1 Å². The molecule has 0 atom stereocenters. The number of aromatic nitrogens is 2. The number of hydrogen-bond donors (Lipinski definition) is 1. The van der Waals surface area contributed by atoms with Crippen molar-refractivity contribution in [1.29, 1.82) is 0 Å². The molecule has 1 aromatic heterocycles. The number of aryl methyl sites for hydroxylation is 1. The van der Waals surface area contributed by atoms with Gasteiger partial charge in [-0.25, -0.2) is 9.97 Å². The Labute approximate surface area is 92.8 Å². The van der Waals surface area contributed by atoms with Gasteiger partial charge in [-0.15, -0.1) is 0 Å². The number of esters is 1. The van der Waals surface area contributed by atoms with E-state index in [-0.39, 0.29) is 17.8 Å². The molecule has 0 unspecified atom stereocenters. The number of nitrogens with one attached hydrogen (secondary N) is 1. The fourth-order valence-electron chi connectivity index (χ4n) is 0.967. The summed E-state index contributed by atoms with van der Waals surface area (Å²) in [4.78, 5) is 18.8. The molecule has 1 N–H and O–H groups in total. The lowest BCUT2D eigenvalue weighted by Gasteiger charge is -2.07. The molecule has 0 radical (unpaired) electrons. The molecule has 0 saturated carbocycles. The number of nitrogens with zero attached hydrogens (tertiary/aromatic N) is 2. The van der Waals surface area contributed by atoms with Crippen molar-refractivity contribution in [3.63, 3.8) is 0 Å². The third-order valence-electron chi connectivity index (χ3n) is 1.65. The van der Waals surface area contributed by atoms with Crippen molar-refractivity contribution in [2.24, 2.45) is 0 Å². The third kappa shape index (κ3) is 3.71. The lowest BCUT2D eigenvalue weighted by Crippen LogP contribution is -2.18. The summed E-state index contributed by atoms with van der Waals surface area (Å²) in [5.41, 5.74) is 0.823. The topological polar surface area (TPSA) is 64.1 Å². The van der Waals surface area contributed by atoms with E-state index in [0.717, 1.165) is 5.56 Å². The maximum absolute atomic E-state index is 11.1. The van der Waals surface area contributed by atoms with Crippen molar-refractivity contribution in [2.45, 2.75) is 13.8 Å². The zero-order chi connectivity index (χ0) is 11.3. The fourth-order valence-corrected chi connectivity index (χ4v) is 1.10. The van der Waals surface area contributed by atoms with Crippen molar-refractivity contribution < 1.29 is 9.53 Å². The van der Waals surface area contributed by atoms with Crippen LogP contribution in [-0.2, 0) is 9.53 Å². The van der Waals surface area contributed by atoms with Gasteiger partial charge >= 0.3 is 5.97 Å². The van der Waals surface area contributed by atoms with Crippen LogP contribution in [0.15, 0.2) is 6.20 Å². The van der Waals surface area contributed by atoms with Crippen LogP contribution in [0.5, 0.6) is 0 Å². The normalized spacial score (nSPS) is 9.80. The first-order valence-corrected chi connectivity index (χ1v) is 4.90. The highest BCUT2D eigenvalue weighted by Gasteiger charge is 2.05. The van der Waals surface area contributed by atoms with Gasteiger partial charge in [0.05, 0.1) is 6.61 Å². The largest absolute Gasteiger partial charge is 0.465 e. The molecule has 1 aromatic rings. The van der Waals surface area contributed by atoms with Gasteiger partial charge in [0.1, 0.15) is 12.4 Å². The van der Waals surface area contributed by atoms with Crippen molar-refractivity contribution >= 4 is 23.4 Å². The van der Waals surface area contributed by atoms with Gasteiger partial charge in [0, 0.05) is 11.8 Å². The molecular weight excluding hydrogens is 218 g/mol. The Bertz CT molecular complexity index is 357. The average molecular weight is 230 g/mol. The summed E-state index contributed by atoms with van der Waals surface area (Å²) in [5.74, 6) is 0.217. The van der Waals surface area contributed by atoms with Crippen molar-refractivity contribution in [3.05, 3.63) is 17.0 Å². The summed E-state index contributed by atoms with van der Waals surface area (Å²) in [6.07, 6.45) is 1.59. The van der Waals surface area contributed by atoms with Gasteiger partial charge in [-0.2, -0.15) is 0 Å². The average Bonchev–Trinajstić information content (AvgIpc) is 2.20. The minimum Gasteiger partial charge on any atom is -0.465 e. The molecule has 15 heavy (non-hydrogen) atoms. The van der Waals surface area contributed by atoms with E-state index in [0.29, 0.717) is 12.4 Å². The Morgan fingerprint density at radius 2 is 2.40 bits per heavy atom. The van der Waals surface area contributed by atoms with Crippen molar-refractivity contribution in [3.8, 4) is 0 Å². The van der Waals surface area contributed by atoms with Gasteiger partial charge in [-0.3, -0.25) is 4.79 Å². The van der Waals surface area contributed by atoms with E-state index >= 15 is 0 Å². The second-order valence-electron chi connectivity index (χ2n) is 2.83. The molecule has 0 amide bonds. The summed E-state index contributed by atoms with van der Waals surface area (Å²) in [5, 5.41) is 2.97. The number of anilines is 1. The molecule has 0 aliphatic rings. The number of ether oxygens (including phenoxy) is 1. The number of rotatable bonds is 4. The molecular formula is C9H12ClN3O2. The standard InChI is InChI=1S/C9H12ClN3O2/c1-3-15-7(14)5-11-8-6(2)4-12-9(10)13-8/h4H,3,5H2,1-2H3,(H,11,12,13). The molecule has 0 aliphatic carbocycles. The second kappa shape index (κ2) is 5.50. The van der Waals surface area contributed by atoms with Crippen LogP contribution in [0, 0.1) is 6.92 Å². The molecule has 0 aromatic carbocycles. The Hall–Kier alpha value is -1.36. The van der Waals surface area contributed by atoms with Crippen LogP contribution in [0.4, 0.5) is 5.82 Å². The summed E-state index contributed by atoms with van der Waals surface area (Å²) >= 11 is 5.61. The van der Waals surface area contributed by atoms with Gasteiger partial charge in [-0.05, 0) is 25.4 Å². The molecule has 0 aliphatic heterocycles. The molecule has 6 heteroatoms. The van der Waals surface area contributed by atoms with E-state index in [1.807, 2.05) is 6.92 Å². The molecule has 0 spiro atoms.